The maximum atomic E-state index is 12.7. The number of hydrogen-bond donors (Lipinski definition) is 1. The van der Waals surface area contributed by atoms with Crippen LogP contribution >= 0.6 is 0 Å². The summed E-state index contributed by atoms with van der Waals surface area (Å²) in [5.74, 6) is -0.838. The zero-order chi connectivity index (χ0) is 19.8. The molecule has 27 heavy (non-hydrogen) atoms. The van der Waals surface area contributed by atoms with Crippen molar-refractivity contribution < 1.29 is 22.5 Å². The van der Waals surface area contributed by atoms with Gasteiger partial charge in [-0.3, -0.25) is 14.2 Å². The van der Waals surface area contributed by atoms with E-state index in [1.54, 1.807) is 17.9 Å². The number of halogens is 3. The van der Waals surface area contributed by atoms with Crippen LogP contribution in [0.1, 0.15) is 39.2 Å². The van der Waals surface area contributed by atoms with Crippen LogP contribution in [0.5, 0.6) is 0 Å². The monoisotopic (exact) mass is 383 g/mol. The number of nitrogens with zero attached hydrogens (tertiary/aromatic N) is 6. The van der Waals surface area contributed by atoms with Gasteiger partial charge in [0.1, 0.15) is 6.54 Å². The van der Waals surface area contributed by atoms with E-state index < -0.39 is 17.8 Å². The fraction of sp³-hybridized carbons (Fsp3) is 0.400. The molecule has 12 heteroatoms. The highest BCUT2D eigenvalue weighted by molar-refractivity contribution is 5.89. The van der Waals surface area contributed by atoms with Gasteiger partial charge in [0.2, 0.25) is 0 Å². The maximum Gasteiger partial charge on any atom is 0.435 e. The van der Waals surface area contributed by atoms with Crippen LogP contribution in [-0.4, -0.2) is 35.6 Å². The lowest BCUT2D eigenvalue weighted by Gasteiger charge is -2.02. The molecule has 3 aromatic heterocycles. The average Bonchev–Trinajstić information content (AvgIpc) is 3.28. The topological polar surface area (TPSA) is 104 Å². The van der Waals surface area contributed by atoms with Gasteiger partial charge >= 0.3 is 18.0 Å². The first-order chi connectivity index (χ1) is 12.6. The van der Waals surface area contributed by atoms with Gasteiger partial charge in [0, 0.05) is 30.5 Å². The quantitative estimate of drug-likeness (QED) is 0.718. The zero-order valence-corrected chi connectivity index (χ0v) is 14.7. The lowest BCUT2D eigenvalue weighted by molar-refractivity contribution is -0.141. The van der Waals surface area contributed by atoms with Crippen LogP contribution < -0.4 is 5.32 Å². The molecule has 0 bridgehead atoms. The molecule has 0 spiro atoms. The Kier molecular flexibility index (Phi) is 4.72. The Morgan fingerprint density at radius 1 is 1.33 bits per heavy atom. The Bertz CT molecular complexity index is 971. The third-order valence-corrected chi connectivity index (χ3v) is 4.00. The third-order valence-electron chi connectivity index (χ3n) is 4.00. The first kappa shape index (κ1) is 18.6. The van der Waals surface area contributed by atoms with Crippen molar-refractivity contribution in [3.8, 4) is 0 Å². The van der Waals surface area contributed by atoms with Gasteiger partial charge in [-0.05, 0) is 19.9 Å². The molecule has 0 atom stereocenters. The predicted molar refractivity (Wildman–Crippen MR) is 84.5 cm³/mol. The van der Waals surface area contributed by atoms with Crippen molar-refractivity contribution in [1.82, 2.24) is 35.0 Å². The molecule has 0 aliphatic carbocycles. The van der Waals surface area contributed by atoms with Crippen molar-refractivity contribution in [2.24, 2.45) is 7.05 Å². The molecule has 3 aromatic rings. The molecule has 0 aliphatic heterocycles. The highest BCUT2D eigenvalue weighted by atomic mass is 19.4. The lowest BCUT2D eigenvalue weighted by Crippen LogP contribution is -2.23. The first-order valence-electron chi connectivity index (χ1n) is 7.85. The molecule has 0 unspecified atom stereocenters. The van der Waals surface area contributed by atoms with Crippen LogP contribution in [0.25, 0.3) is 0 Å². The van der Waals surface area contributed by atoms with Crippen molar-refractivity contribution in [1.29, 1.82) is 0 Å². The summed E-state index contributed by atoms with van der Waals surface area (Å²) >= 11 is 0. The number of rotatable bonds is 5. The number of carbonyl (C=O) groups is 1. The van der Waals surface area contributed by atoms with Crippen molar-refractivity contribution >= 4 is 5.91 Å². The fourth-order valence-corrected chi connectivity index (χ4v) is 2.32. The molecule has 0 aromatic carbocycles. The summed E-state index contributed by atoms with van der Waals surface area (Å²) in [6.45, 7) is 3.41. The molecule has 0 saturated carbocycles. The maximum absolute atomic E-state index is 12.7. The molecule has 144 valence electrons. The Morgan fingerprint density at radius 2 is 2.07 bits per heavy atom. The van der Waals surface area contributed by atoms with Crippen molar-refractivity contribution in [3.05, 3.63) is 46.6 Å². The van der Waals surface area contributed by atoms with E-state index in [1.165, 1.54) is 6.92 Å². The van der Waals surface area contributed by atoms with E-state index in [0.29, 0.717) is 0 Å². The number of amides is 1. The minimum Gasteiger partial charge on any atom is -0.344 e. The standard InChI is InChI=1S/C15H16F3N7O2/c1-8-4-11(15(16,17)18)22-25(8)7-12-21-14(27-23-12)13(26)19-5-10-6-20-24(3)9(10)2/h4,6H,5,7H2,1-3H3,(H,19,26). The molecule has 1 N–H and O–H groups in total. The third kappa shape index (κ3) is 3.99. The fourth-order valence-electron chi connectivity index (χ4n) is 2.32. The van der Waals surface area contributed by atoms with Crippen LogP contribution in [0.2, 0.25) is 0 Å². The van der Waals surface area contributed by atoms with E-state index in [4.69, 9.17) is 4.52 Å². The smallest absolute Gasteiger partial charge is 0.344 e. The van der Waals surface area contributed by atoms with Gasteiger partial charge in [-0.1, -0.05) is 5.16 Å². The average molecular weight is 383 g/mol. The zero-order valence-electron chi connectivity index (χ0n) is 14.7. The normalized spacial score (nSPS) is 11.8. The molecule has 0 saturated heterocycles. The van der Waals surface area contributed by atoms with Crippen LogP contribution in [0.4, 0.5) is 13.2 Å². The molecule has 0 fully saturated rings. The van der Waals surface area contributed by atoms with E-state index in [0.717, 1.165) is 22.0 Å². The number of nitrogens with one attached hydrogen (secondary N) is 1. The van der Waals surface area contributed by atoms with Gasteiger partial charge in [-0.2, -0.15) is 28.4 Å². The lowest BCUT2D eigenvalue weighted by atomic mass is 10.2. The summed E-state index contributed by atoms with van der Waals surface area (Å²) in [5.41, 5.74) is 1.01. The van der Waals surface area contributed by atoms with Gasteiger partial charge in [0.05, 0.1) is 6.20 Å². The Labute approximate surface area is 151 Å². The van der Waals surface area contributed by atoms with E-state index in [-0.39, 0.29) is 30.5 Å². The van der Waals surface area contributed by atoms with Gasteiger partial charge in [-0.15, -0.1) is 0 Å². The van der Waals surface area contributed by atoms with Crippen molar-refractivity contribution in [2.45, 2.75) is 33.1 Å². The second-order valence-corrected chi connectivity index (χ2v) is 5.90. The minimum absolute atomic E-state index is 0.0395. The van der Waals surface area contributed by atoms with E-state index in [1.807, 2.05) is 6.92 Å². The summed E-state index contributed by atoms with van der Waals surface area (Å²) in [7, 11) is 1.78. The highest BCUT2D eigenvalue weighted by Crippen LogP contribution is 2.28. The second-order valence-electron chi connectivity index (χ2n) is 5.90. The Hall–Kier alpha value is -3.18. The van der Waals surface area contributed by atoms with Gasteiger partial charge in [0.25, 0.3) is 0 Å². The van der Waals surface area contributed by atoms with Crippen LogP contribution in [0.3, 0.4) is 0 Å². The van der Waals surface area contributed by atoms with E-state index in [2.05, 4.69) is 25.7 Å². The first-order valence-corrected chi connectivity index (χ1v) is 7.85. The molecular formula is C15H16F3N7O2. The van der Waals surface area contributed by atoms with Crippen molar-refractivity contribution in [2.75, 3.05) is 0 Å². The van der Waals surface area contributed by atoms with E-state index in [9.17, 15) is 18.0 Å². The van der Waals surface area contributed by atoms with Crippen LogP contribution in [0, 0.1) is 13.8 Å². The summed E-state index contributed by atoms with van der Waals surface area (Å²) < 4.78 is 45.7. The SMILES string of the molecule is Cc1c(CNC(=O)c2nc(Cn3nc(C(F)(F)F)cc3C)no2)cnn1C. The van der Waals surface area contributed by atoms with Gasteiger partial charge in [0.15, 0.2) is 11.5 Å². The molecule has 9 nitrogen and oxygen atoms in total. The van der Waals surface area contributed by atoms with Crippen molar-refractivity contribution in [3.63, 3.8) is 0 Å². The Morgan fingerprint density at radius 3 is 2.67 bits per heavy atom. The predicted octanol–water partition coefficient (Wildman–Crippen LogP) is 1.61. The summed E-state index contributed by atoms with van der Waals surface area (Å²) in [5, 5.41) is 13.8. The Balaban J connectivity index is 1.65. The van der Waals surface area contributed by atoms with Gasteiger partial charge in [-0.25, -0.2) is 0 Å². The van der Waals surface area contributed by atoms with Crippen LogP contribution in [-0.2, 0) is 26.3 Å². The summed E-state index contributed by atoms with van der Waals surface area (Å²) in [4.78, 5) is 16.0. The molecule has 3 heterocycles. The number of carbonyl (C=O) groups excluding carboxylic acids is 1. The molecule has 3 rings (SSSR count). The summed E-state index contributed by atoms with van der Waals surface area (Å²) in [6, 6.07) is 0.921. The molecular weight excluding hydrogens is 367 g/mol. The number of aryl methyl sites for hydroxylation is 2. The largest absolute Gasteiger partial charge is 0.435 e. The van der Waals surface area contributed by atoms with Gasteiger partial charge < -0.3 is 9.84 Å². The minimum atomic E-state index is -4.54. The molecule has 1 amide bonds. The second kappa shape index (κ2) is 6.85. The highest BCUT2D eigenvalue weighted by Gasteiger charge is 2.34. The van der Waals surface area contributed by atoms with E-state index >= 15 is 0 Å². The molecule has 0 radical (unpaired) electrons. The summed E-state index contributed by atoms with van der Waals surface area (Å²) in [6.07, 6.45) is -2.91. The molecule has 0 aliphatic rings. The number of hydrogen-bond acceptors (Lipinski definition) is 6. The number of alkyl halides is 3. The van der Waals surface area contributed by atoms with Crippen LogP contribution in [0.15, 0.2) is 16.8 Å². The number of aromatic nitrogens is 6.